The highest BCUT2D eigenvalue weighted by atomic mass is 35.5. The molecule has 0 heterocycles. The summed E-state index contributed by atoms with van der Waals surface area (Å²) in [5.74, 6) is -3.03. The molecule has 11 heteroatoms. The molecular weight excluding hydrogens is 418 g/mol. The molecule has 0 atom stereocenters. The van der Waals surface area contributed by atoms with Gasteiger partial charge in [0.15, 0.2) is 0 Å². The third kappa shape index (κ3) is 3.77. The van der Waals surface area contributed by atoms with Crippen molar-refractivity contribution in [3.8, 4) is 0 Å². The van der Waals surface area contributed by atoms with E-state index >= 15 is 0 Å². The minimum absolute atomic E-state index is 0. The van der Waals surface area contributed by atoms with E-state index in [1.807, 2.05) is 0 Å². The molecule has 0 aromatic heterocycles. The number of halogens is 7. The maximum atomic E-state index is 13.8. The molecule has 0 saturated heterocycles. The molecule has 0 saturated carbocycles. The first kappa shape index (κ1) is 23.3. The lowest BCUT2D eigenvalue weighted by Crippen LogP contribution is -3.00. The Morgan fingerprint density at radius 1 is 0.607 bits per heavy atom. The van der Waals surface area contributed by atoms with E-state index in [1.165, 1.54) is 0 Å². The van der Waals surface area contributed by atoms with Crippen LogP contribution in [0.5, 0.6) is 0 Å². The molecule has 0 spiro atoms. The molecule has 2 N–H and O–H groups in total. The van der Waals surface area contributed by atoms with Crippen molar-refractivity contribution >= 4 is 11.9 Å². The van der Waals surface area contributed by atoms with Crippen molar-refractivity contribution in [2.75, 3.05) is 0 Å². The number of alkyl halides is 6. The number of rotatable bonds is 4. The third-order valence-corrected chi connectivity index (χ3v) is 3.98. The van der Waals surface area contributed by atoms with Crippen LogP contribution in [0.4, 0.5) is 26.3 Å². The number of aromatic carboxylic acids is 2. The maximum Gasteiger partial charge on any atom is 0.411 e. The number of hydrogen-bond donors (Lipinski definition) is 2. The van der Waals surface area contributed by atoms with Crippen molar-refractivity contribution in [2.45, 2.75) is 17.8 Å². The SMILES string of the molecule is O=C(O)c1ccc(C(c2ccc(C(=O)O)cc2)(C(F)(F)F)C(F)(F)F)cc1.[Cl-]. The van der Waals surface area contributed by atoms with Crippen LogP contribution in [-0.2, 0) is 5.41 Å². The minimum Gasteiger partial charge on any atom is -1.00 e. The molecular formula is C17H10ClF6O4-. The first-order chi connectivity index (χ1) is 12.3. The van der Waals surface area contributed by atoms with Gasteiger partial charge in [0, 0.05) is 0 Å². The molecule has 28 heavy (non-hydrogen) atoms. The molecule has 0 aliphatic rings. The zero-order valence-electron chi connectivity index (χ0n) is 13.5. The summed E-state index contributed by atoms with van der Waals surface area (Å²) in [4.78, 5) is 21.7. The molecule has 152 valence electrons. The van der Waals surface area contributed by atoms with Gasteiger partial charge in [0.2, 0.25) is 5.41 Å². The second kappa shape index (κ2) is 7.70. The average Bonchev–Trinajstić information content (AvgIpc) is 2.53. The predicted molar refractivity (Wildman–Crippen MR) is 79.7 cm³/mol. The normalized spacial score (nSPS) is 12.2. The maximum absolute atomic E-state index is 13.8. The van der Waals surface area contributed by atoms with E-state index in [1.54, 1.807) is 0 Å². The van der Waals surface area contributed by atoms with Gasteiger partial charge in [0.05, 0.1) is 11.1 Å². The molecule has 2 rings (SSSR count). The summed E-state index contributed by atoms with van der Waals surface area (Å²) in [7, 11) is 0. The molecule has 0 bridgehead atoms. The van der Waals surface area contributed by atoms with Gasteiger partial charge >= 0.3 is 24.3 Å². The summed E-state index contributed by atoms with van der Waals surface area (Å²) in [6, 6.07) is 4.30. The number of carboxylic acids is 2. The smallest absolute Gasteiger partial charge is 0.411 e. The second-order valence-corrected chi connectivity index (χ2v) is 5.51. The topological polar surface area (TPSA) is 74.6 Å². The Balaban J connectivity index is 0.00000392. The quantitative estimate of drug-likeness (QED) is 0.725. The van der Waals surface area contributed by atoms with Crippen LogP contribution in [0.15, 0.2) is 48.5 Å². The zero-order valence-corrected chi connectivity index (χ0v) is 14.2. The molecule has 4 nitrogen and oxygen atoms in total. The van der Waals surface area contributed by atoms with Crippen molar-refractivity contribution in [1.29, 1.82) is 0 Å². The highest BCUT2D eigenvalue weighted by molar-refractivity contribution is 5.88. The highest BCUT2D eigenvalue weighted by Gasteiger charge is 2.72. The molecule has 0 aliphatic carbocycles. The van der Waals surface area contributed by atoms with Gasteiger partial charge in [0.25, 0.3) is 0 Å². The van der Waals surface area contributed by atoms with Gasteiger partial charge < -0.3 is 22.6 Å². The van der Waals surface area contributed by atoms with E-state index in [0.29, 0.717) is 48.5 Å². The van der Waals surface area contributed by atoms with Crippen LogP contribution in [-0.4, -0.2) is 34.5 Å². The second-order valence-electron chi connectivity index (χ2n) is 5.51. The van der Waals surface area contributed by atoms with E-state index in [9.17, 15) is 35.9 Å². The standard InChI is InChI=1S/C17H10F6O4.ClH/c18-16(19,20)15(17(21,22)23,11-5-1-9(2-6-11)13(24)25)12-7-3-10(4-8-12)14(26)27;/h1-8H,(H,24,25)(H,26,27);1H/p-1. The molecule has 0 radical (unpaired) electrons. The predicted octanol–water partition coefficient (Wildman–Crippen LogP) is 1.50. The lowest BCUT2D eigenvalue weighted by Gasteiger charge is -2.38. The Labute approximate surface area is 159 Å². The van der Waals surface area contributed by atoms with E-state index in [0.717, 1.165) is 0 Å². The Kier molecular flexibility index (Phi) is 6.41. The third-order valence-electron chi connectivity index (χ3n) is 3.98. The van der Waals surface area contributed by atoms with E-state index in [2.05, 4.69) is 0 Å². The van der Waals surface area contributed by atoms with Crippen molar-refractivity contribution in [3.63, 3.8) is 0 Å². The van der Waals surface area contributed by atoms with Gasteiger partial charge in [-0.2, -0.15) is 26.3 Å². The van der Waals surface area contributed by atoms with Gasteiger partial charge in [-0.3, -0.25) is 0 Å². The van der Waals surface area contributed by atoms with Crippen molar-refractivity contribution < 1.29 is 58.6 Å². The van der Waals surface area contributed by atoms with E-state index < -0.39 is 52.0 Å². The molecule has 0 aliphatic heterocycles. The number of carboxylic acid groups (broad SMARTS) is 2. The summed E-state index contributed by atoms with van der Waals surface area (Å²) >= 11 is 0. The summed E-state index contributed by atoms with van der Waals surface area (Å²) in [5, 5.41) is 17.6. The van der Waals surface area contributed by atoms with Gasteiger partial charge in [0.1, 0.15) is 0 Å². The first-order valence-electron chi connectivity index (χ1n) is 7.13. The summed E-state index contributed by atoms with van der Waals surface area (Å²) < 4.78 is 82.8. The first-order valence-corrected chi connectivity index (χ1v) is 7.13. The zero-order chi connectivity index (χ0) is 20.6. The summed E-state index contributed by atoms with van der Waals surface area (Å²) in [6.07, 6.45) is -11.7. The number of benzene rings is 2. The average molecular weight is 428 g/mol. The van der Waals surface area contributed by atoms with Crippen LogP contribution < -0.4 is 12.4 Å². The lowest BCUT2D eigenvalue weighted by atomic mass is 9.72. The van der Waals surface area contributed by atoms with Crippen LogP contribution >= 0.6 is 0 Å². The molecule has 0 fully saturated rings. The van der Waals surface area contributed by atoms with Gasteiger partial charge in [-0.15, -0.1) is 0 Å². The Morgan fingerprint density at radius 2 is 0.857 bits per heavy atom. The Bertz CT molecular complexity index is 784. The van der Waals surface area contributed by atoms with Crippen LogP contribution in [0, 0.1) is 0 Å². The van der Waals surface area contributed by atoms with Gasteiger partial charge in [-0.1, -0.05) is 24.3 Å². The fourth-order valence-corrected chi connectivity index (χ4v) is 2.71. The van der Waals surface area contributed by atoms with Crippen LogP contribution in [0.1, 0.15) is 31.8 Å². The van der Waals surface area contributed by atoms with E-state index in [-0.39, 0.29) is 12.4 Å². The van der Waals surface area contributed by atoms with Crippen molar-refractivity contribution in [3.05, 3.63) is 70.8 Å². The van der Waals surface area contributed by atoms with Crippen LogP contribution in [0.25, 0.3) is 0 Å². The number of hydrogen-bond acceptors (Lipinski definition) is 2. The summed E-state index contributed by atoms with van der Waals surface area (Å²) in [5.41, 5.74) is -7.92. The fourth-order valence-electron chi connectivity index (χ4n) is 2.71. The lowest BCUT2D eigenvalue weighted by molar-refractivity contribution is -0.288. The molecule has 2 aromatic carbocycles. The Hall–Kier alpha value is -2.75. The highest BCUT2D eigenvalue weighted by Crippen LogP contribution is 2.56. The summed E-state index contributed by atoms with van der Waals surface area (Å²) in [6.45, 7) is 0. The van der Waals surface area contributed by atoms with Crippen molar-refractivity contribution in [1.82, 2.24) is 0 Å². The molecule has 0 amide bonds. The van der Waals surface area contributed by atoms with Crippen LogP contribution in [0.3, 0.4) is 0 Å². The van der Waals surface area contributed by atoms with Crippen molar-refractivity contribution in [2.24, 2.45) is 0 Å². The van der Waals surface area contributed by atoms with Gasteiger partial charge in [-0.05, 0) is 35.4 Å². The monoisotopic (exact) mass is 427 g/mol. The number of carbonyl (C=O) groups is 2. The Morgan fingerprint density at radius 3 is 1.04 bits per heavy atom. The van der Waals surface area contributed by atoms with Crippen LogP contribution in [0.2, 0.25) is 0 Å². The van der Waals surface area contributed by atoms with E-state index in [4.69, 9.17) is 10.2 Å². The largest absolute Gasteiger partial charge is 1.00 e. The molecule has 0 unspecified atom stereocenters. The van der Waals surface area contributed by atoms with Gasteiger partial charge in [-0.25, -0.2) is 9.59 Å². The minimum atomic E-state index is -5.85. The molecule has 2 aromatic rings. The fraction of sp³-hybridized carbons (Fsp3) is 0.176.